The average Bonchev–Trinajstić information content (AvgIpc) is 2.45. The van der Waals surface area contributed by atoms with E-state index in [0.29, 0.717) is 11.5 Å². The van der Waals surface area contributed by atoms with E-state index in [4.69, 9.17) is 0 Å². The van der Waals surface area contributed by atoms with E-state index in [9.17, 15) is 0 Å². The average molecular weight is 348 g/mol. The van der Waals surface area contributed by atoms with E-state index in [1.54, 1.807) is 0 Å². The Morgan fingerprint density at radius 3 is 2.10 bits per heavy atom. The molecule has 0 radical (unpaired) electrons. The third-order valence-electron chi connectivity index (χ3n) is 6.53. The van der Waals surface area contributed by atoms with Crippen LogP contribution >= 0.6 is 15.9 Å². The molecule has 0 amide bonds. The Morgan fingerprint density at radius 2 is 1.57 bits per heavy atom. The minimum absolute atomic E-state index is 0.615. The van der Waals surface area contributed by atoms with Gasteiger partial charge in [-0.3, -0.25) is 0 Å². The van der Waals surface area contributed by atoms with Crippen molar-refractivity contribution in [2.45, 2.75) is 58.0 Å². The monoisotopic (exact) mass is 347 g/mol. The molecule has 0 saturated heterocycles. The van der Waals surface area contributed by atoms with Gasteiger partial charge in [0, 0.05) is 17.1 Å². The van der Waals surface area contributed by atoms with Gasteiger partial charge in [-0.05, 0) is 86.3 Å². The van der Waals surface area contributed by atoms with Crippen LogP contribution in [0.15, 0.2) is 28.7 Å². The van der Waals surface area contributed by atoms with E-state index in [2.05, 4.69) is 52.4 Å². The number of rotatable bonds is 4. The molecule has 4 aliphatic carbocycles. The normalized spacial score (nSPS) is 38.7. The van der Waals surface area contributed by atoms with Gasteiger partial charge in [0.2, 0.25) is 0 Å². The first-order valence-corrected chi connectivity index (χ1v) is 9.40. The van der Waals surface area contributed by atoms with Gasteiger partial charge < -0.3 is 5.32 Å². The van der Waals surface area contributed by atoms with Crippen LogP contribution in [0.4, 0.5) is 0 Å². The smallest absolute Gasteiger partial charge is 0.0208 e. The first-order chi connectivity index (χ1) is 10.1. The zero-order valence-corrected chi connectivity index (χ0v) is 14.5. The van der Waals surface area contributed by atoms with Gasteiger partial charge >= 0.3 is 0 Å². The highest BCUT2D eigenvalue weighted by Crippen LogP contribution is 2.61. The molecule has 0 unspecified atom stereocenters. The van der Waals surface area contributed by atoms with Crippen molar-refractivity contribution in [3.05, 3.63) is 34.3 Å². The molecule has 2 heteroatoms. The number of hydrogen-bond acceptors (Lipinski definition) is 1. The summed E-state index contributed by atoms with van der Waals surface area (Å²) in [7, 11) is 0. The van der Waals surface area contributed by atoms with Crippen molar-refractivity contribution in [3.63, 3.8) is 0 Å². The maximum Gasteiger partial charge on any atom is 0.0208 e. The standard InChI is InChI=1S/C19H26BrN/c1-13(21-12-14-2-4-18(20)5-3-14)19-9-15-6-16(10-19)8-17(7-15)11-19/h2-5,13,15-17,21H,6-12H2,1H3/t13-,15?,16?,17?,19?/m1/s1. The van der Waals surface area contributed by atoms with Crippen molar-refractivity contribution < 1.29 is 0 Å². The Bertz CT molecular complexity index is 472. The van der Waals surface area contributed by atoms with Crippen molar-refractivity contribution in [1.82, 2.24) is 5.32 Å². The summed E-state index contributed by atoms with van der Waals surface area (Å²) in [5, 5.41) is 3.86. The summed E-state index contributed by atoms with van der Waals surface area (Å²) in [6.07, 6.45) is 9.10. The third-order valence-corrected chi connectivity index (χ3v) is 7.06. The zero-order valence-electron chi connectivity index (χ0n) is 12.9. The first-order valence-electron chi connectivity index (χ1n) is 8.61. The Hall–Kier alpha value is -0.340. The van der Waals surface area contributed by atoms with E-state index >= 15 is 0 Å². The molecule has 114 valence electrons. The minimum Gasteiger partial charge on any atom is -0.310 e. The molecule has 4 aliphatic rings. The SMILES string of the molecule is C[C@@H](NCc1ccc(Br)cc1)C12CC3CC(CC(C3)C1)C2. The molecule has 1 aromatic carbocycles. The molecular formula is C19H26BrN. The van der Waals surface area contributed by atoms with Gasteiger partial charge in [0.1, 0.15) is 0 Å². The largest absolute Gasteiger partial charge is 0.310 e. The molecular weight excluding hydrogens is 322 g/mol. The molecule has 0 spiro atoms. The predicted molar refractivity (Wildman–Crippen MR) is 91.0 cm³/mol. The van der Waals surface area contributed by atoms with Gasteiger partial charge in [0.15, 0.2) is 0 Å². The van der Waals surface area contributed by atoms with Crippen LogP contribution in [-0.4, -0.2) is 6.04 Å². The summed E-state index contributed by atoms with van der Waals surface area (Å²) < 4.78 is 1.17. The highest BCUT2D eigenvalue weighted by atomic mass is 79.9. The van der Waals surface area contributed by atoms with Crippen LogP contribution in [0.1, 0.15) is 51.0 Å². The molecule has 21 heavy (non-hydrogen) atoms. The number of nitrogens with one attached hydrogen (secondary N) is 1. The number of benzene rings is 1. The molecule has 4 saturated carbocycles. The molecule has 4 bridgehead atoms. The molecule has 1 atom stereocenters. The van der Waals surface area contributed by atoms with Crippen molar-refractivity contribution in [1.29, 1.82) is 0 Å². The van der Waals surface area contributed by atoms with E-state index in [1.807, 2.05) is 0 Å². The van der Waals surface area contributed by atoms with Crippen molar-refractivity contribution >= 4 is 15.9 Å². The summed E-state index contributed by atoms with van der Waals surface area (Å²) >= 11 is 3.51. The van der Waals surface area contributed by atoms with Crippen LogP contribution in [0, 0.1) is 23.2 Å². The van der Waals surface area contributed by atoms with Crippen molar-refractivity contribution in [3.8, 4) is 0 Å². The quantitative estimate of drug-likeness (QED) is 0.794. The van der Waals surface area contributed by atoms with Gasteiger partial charge in [0.05, 0.1) is 0 Å². The maximum atomic E-state index is 3.86. The molecule has 1 nitrogen and oxygen atoms in total. The second kappa shape index (κ2) is 5.38. The predicted octanol–water partition coefficient (Wildman–Crippen LogP) is 5.14. The minimum atomic E-state index is 0.615. The zero-order chi connectivity index (χ0) is 14.4. The van der Waals surface area contributed by atoms with Gasteiger partial charge in [0.25, 0.3) is 0 Å². The Balaban J connectivity index is 1.42. The van der Waals surface area contributed by atoms with Crippen molar-refractivity contribution in [2.75, 3.05) is 0 Å². The fourth-order valence-corrected chi connectivity index (χ4v) is 6.06. The van der Waals surface area contributed by atoms with Crippen LogP contribution in [0.25, 0.3) is 0 Å². The number of hydrogen-bond donors (Lipinski definition) is 1. The topological polar surface area (TPSA) is 12.0 Å². The first kappa shape index (κ1) is 14.3. The second-order valence-electron chi connectivity index (χ2n) is 8.01. The number of halogens is 1. The maximum absolute atomic E-state index is 3.86. The molecule has 0 heterocycles. The Morgan fingerprint density at radius 1 is 1.05 bits per heavy atom. The molecule has 0 aliphatic heterocycles. The lowest BCUT2D eigenvalue weighted by Gasteiger charge is -2.59. The Labute approximate surface area is 137 Å². The van der Waals surface area contributed by atoms with Gasteiger partial charge in [-0.1, -0.05) is 28.1 Å². The van der Waals surface area contributed by atoms with E-state index in [0.717, 1.165) is 24.3 Å². The van der Waals surface area contributed by atoms with Gasteiger partial charge in [-0.25, -0.2) is 0 Å². The summed E-state index contributed by atoms with van der Waals surface area (Å²) in [4.78, 5) is 0. The van der Waals surface area contributed by atoms with Crippen LogP contribution in [-0.2, 0) is 6.54 Å². The van der Waals surface area contributed by atoms with Crippen molar-refractivity contribution in [2.24, 2.45) is 23.2 Å². The van der Waals surface area contributed by atoms with Crippen LogP contribution in [0.3, 0.4) is 0 Å². The summed E-state index contributed by atoms with van der Waals surface area (Å²) in [5.41, 5.74) is 2.01. The van der Waals surface area contributed by atoms with E-state index in [-0.39, 0.29) is 0 Å². The van der Waals surface area contributed by atoms with Gasteiger partial charge in [-0.15, -0.1) is 0 Å². The molecule has 0 aromatic heterocycles. The lowest BCUT2D eigenvalue weighted by molar-refractivity contribution is -0.0706. The molecule has 1 N–H and O–H groups in total. The third kappa shape index (κ3) is 2.70. The lowest BCUT2D eigenvalue weighted by atomic mass is 9.48. The fraction of sp³-hybridized carbons (Fsp3) is 0.684. The molecule has 1 aromatic rings. The highest BCUT2D eigenvalue weighted by molar-refractivity contribution is 9.10. The molecule has 5 rings (SSSR count). The summed E-state index contributed by atoms with van der Waals surface area (Å²) in [6, 6.07) is 9.40. The molecule has 4 fully saturated rings. The second-order valence-corrected chi connectivity index (χ2v) is 8.92. The summed E-state index contributed by atoms with van der Waals surface area (Å²) in [6.45, 7) is 3.46. The summed E-state index contributed by atoms with van der Waals surface area (Å²) in [5.74, 6) is 3.15. The lowest BCUT2D eigenvalue weighted by Crippen LogP contribution is -2.54. The Kier molecular flexibility index (Phi) is 3.66. The van der Waals surface area contributed by atoms with Crippen LogP contribution in [0.2, 0.25) is 0 Å². The highest BCUT2D eigenvalue weighted by Gasteiger charge is 2.52. The van der Waals surface area contributed by atoms with Gasteiger partial charge in [-0.2, -0.15) is 0 Å². The van der Waals surface area contributed by atoms with E-state index < -0.39 is 0 Å². The van der Waals surface area contributed by atoms with Crippen LogP contribution < -0.4 is 5.32 Å². The van der Waals surface area contributed by atoms with E-state index in [1.165, 1.54) is 48.6 Å². The van der Waals surface area contributed by atoms with Crippen LogP contribution in [0.5, 0.6) is 0 Å². The fourth-order valence-electron chi connectivity index (χ4n) is 5.80.